The highest BCUT2D eigenvalue weighted by molar-refractivity contribution is 5.94. The number of pyridine rings is 1. The second-order valence-electron chi connectivity index (χ2n) is 5.99. The summed E-state index contributed by atoms with van der Waals surface area (Å²) in [7, 11) is 0. The fourth-order valence-electron chi connectivity index (χ4n) is 2.64. The minimum atomic E-state index is -0.196. The van der Waals surface area contributed by atoms with Gasteiger partial charge in [0.2, 0.25) is 0 Å². The first-order valence-corrected chi connectivity index (χ1v) is 8.69. The first-order chi connectivity index (χ1) is 13.8. The number of aromatic nitrogens is 4. The van der Waals surface area contributed by atoms with Crippen molar-refractivity contribution in [1.29, 1.82) is 0 Å². The summed E-state index contributed by atoms with van der Waals surface area (Å²) in [4.78, 5) is 20.6. The molecule has 7 nitrogen and oxygen atoms in total. The third kappa shape index (κ3) is 4.21. The highest BCUT2D eigenvalue weighted by atomic mass is 16.5. The van der Waals surface area contributed by atoms with E-state index in [0.717, 1.165) is 17.1 Å². The van der Waals surface area contributed by atoms with E-state index >= 15 is 0 Å². The molecule has 1 amide bonds. The lowest BCUT2D eigenvalue weighted by Crippen LogP contribution is -2.23. The Morgan fingerprint density at radius 2 is 1.86 bits per heavy atom. The van der Waals surface area contributed by atoms with E-state index in [9.17, 15) is 4.79 Å². The average molecular weight is 371 g/mol. The number of nitrogens with one attached hydrogen (secondary N) is 1. The Hall–Kier alpha value is -4.00. The molecule has 2 aromatic heterocycles. The van der Waals surface area contributed by atoms with Crippen LogP contribution in [0.15, 0.2) is 85.6 Å². The summed E-state index contributed by atoms with van der Waals surface area (Å²) < 4.78 is 7.33. The maximum atomic E-state index is 12.5. The van der Waals surface area contributed by atoms with Crippen LogP contribution in [0.4, 0.5) is 0 Å². The van der Waals surface area contributed by atoms with Crippen LogP contribution in [0.3, 0.4) is 0 Å². The van der Waals surface area contributed by atoms with E-state index in [4.69, 9.17) is 4.74 Å². The Labute approximate surface area is 161 Å². The van der Waals surface area contributed by atoms with Crippen LogP contribution in [0.5, 0.6) is 11.5 Å². The number of nitrogens with zero attached hydrogens (tertiary/aromatic N) is 4. The predicted octanol–water partition coefficient (Wildman–Crippen LogP) is 3.38. The topological polar surface area (TPSA) is 81.9 Å². The summed E-state index contributed by atoms with van der Waals surface area (Å²) in [6.07, 6.45) is 4.52. The Morgan fingerprint density at radius 1 is 1.00 bits per heavy atom. The molecular formula is C21H17N5O2. The lowest BCUT2D eigenvalue weighted by Gasteiger charge is -2.09. The predicted molar refractivity (Wildman–Crippen MR) is 103 cm³/mol. The largest absolute Gasteiger partial charge is 0.457 e. The molecule has 0 spiro atoms. The Kier molecular flexibility index (Phi) is 5.06. The fourth-order valence-corrected chi connectivity index (χ4v) is 2.64. The zero-order valence-electron chi connectivity index (χ0n) is 14.9. The summed E-state index contributed by atoms with van der Waals surface area (Å²) in [6.45, 7) is 0.381. The van der Waals surface area contributed by atoms with Gasteiger partial charge in [0.05, 0.1) is 0 Å². The van der Waals surface area contributed by atoms with Gasteiger partial charge in [-0.1, -0.05) is 30.3 Å². The number of ether oxygens (including phenoxy) is 1. The zero-order chi connectivity index (χ0) is 19.2. The Morgan fingerprint density at radius 3 is 2.68 bits per heavy atom. The highest BCUT2D eigenvalue weighted by Crippen LogP contribution is 2.21. The SMILES string of the molecule is O=C(NCc1cccc(Oc2ccccc2)c1)c1ccnc(-n2cncn2)c1. The number of rotatable bonds is 6. The smallest absolute Gasteiger partial charge is 0.251 e. The molecule has 0 saturated carbocycles. The van der Waals surface area contributed by atoms with Crippen LogP contribution in [0.25, 0.3) is 5.82 Å². The second-order valence-corrected chi connectivity index (χ2v) is 5.99. The van der Waals surface area contributed by atoms with E-state index in [2.05, 4.69) is 20.4 Å². The van der Waals surface area contributed by atoms with Gasteiger partial charge in [-0.25, -0.2) is 14.6 Å². The van der Waals surface area contributed by atoms with Crippen molar-refractivity contribution in [2.75, 3.05) is 0 Å². The summed E-state index contributed by atoms with van der Waals surface area (Å²) in [5.74, 6) is 1.82. The van der Waals surface area contributed by atoms with Gasteiger partial charge < -0.3 is 10.1 Å². The third-order valence-electron chi connectivity index (χ3n) is 3.99. The number of hydrogen-bond donors (Lipinski definition) is 1. The number of para-hydroxylation sites is 1. The van der Waals surface area contributed by atoms with Gasteiger partial charge in [-0.2, -0.15) is 5.10 Å². The first-order valence-electron chi connectivity index (χ1n) is 8.69. The lowest BCUT2D eigenvalue weighted by molar-refractivity contribution is 0.0950. The molecule has 0 aliphatic carbocycles. The number of benzene rings is 2. The van der Waals surface area contributed by atoms with Gasteiger partial charge in [0.1, 0.15) is 24.2 Å². The van der Waals surface area contributed by atoms with E-state index in [1.807, 2.05) is 54.6 Å². The molecule has 0 fully saturated rings. The van der Waals surface area contributed by atoms with Gasteiger partial charge in [0.25, 0.3) is 5.91 Å². The normalized spacial score (nSPS) is 10.4. The zero-order valence-corrected chi connectivity index (χ0v) is 14.9. The fraction of sp³-hybridized carbons (Fsp3) is 0.0476. The average Bonchev–Trinajstić information content (AvgIpc) is 3.28. The molecule has 2 aromatic carbocycles. The molecule has 0 aliphatic heterocycles. The van der Waals surface area contributed by atoms with Crippen LogP contribution in [0, 0.1) is 0 Å². The molecule has 28 heavy (non-hydrogen) atoms. The molecule has 7 heteroatoms. The quantitative estimate of drug-likeness (QED) is 0.562. The molecule has 2 heterocycles. The molecule has 0 aliphatic rings. The molecule has 1 N–H and O–H groups in total. The molecular weight excluding hydrogens is 354 g/mol. The number of hydrogen-bond acceptors (Lipinski definition) is 5. The third-order valence-corrected chi connectivity index (χ3v) is 3.99. The Balaban J connectivity index is 1.41. The van der Waals surface area contributed by atoms with Gasteiger partial charge in [-0.15, -0.1) is 0 Å². The number of carbonyl (C=O) groups excluding carboxylic acids is 1. The van der Waals surface area contributed by atoms with E-state index in [-0.39, 0.29) is 5.91 Å². The first kappa shape index (κ1) is 17.4. The number of amides is 1. The van der Waals surface area contributed by atoms with Crippen molar-refractivity contribution < 1.29 is 9.53 Å². The standard InChI is InChI=1S/C21H17N5O2/c27-21(17-9-10-23-20(12-17)26-15-22-14-25-26)24-13-16-5-4-8-19(11-16)28-18-6-2-1-3-7-18/h1-12,14-15H,13H2,(H,24,27). The van der Waals surface area contributed by atoms with Crippen molar-refractivity contribution in [3.8, 4) is 17.3 Å². The van der Waals surface area contributed by atoms with E-state index in [1.165, 1.54) is 17.3 Å². The maximum absolute atomic E-state index is 12.5. The second kappa shape index (κ2) is 8.13. The van der Waals surface area contributed by atoms with Crippen molar-refractivity contribution in [1.82, 2.24) is 25.1 Å². The minimum absolute atomic E-state index is 0.196. The molecule has 138 valence electrons. The Bertz CT molecular complexity index is 1070. The molecule has 0 atom stereocenters. The van der Waals surface area contributed by atoms with Crippen molar-refractivity contribution in [2.45, 2.75) is 6.54 Å². The molecule has 0 saturated heterocycles. The molecule has 0 radical (unpaired) electrons. The molecule has 0 unspecified atom stereocenters. The monoisotopic (exact) mass is 371 g/mol. The number of carbonyl (C=O) groups is 1. The van der Waals surface area contributed by atoms with Crippen molar-refractivity contribution in [2.24, 2.45) is 0 Å². The van der Waals surface area contributed by atoms with E-state index in [0.29, 0.717) is 17.9 Å². The summed E-state index contributed by atoms with van der Waals surface area (Å²) in [5.41, 5.74) is 1.43. The minimum Gasteiger partial charge on any atom is -0.457 e. The van der Waals surface area contributed by atoms with Crippen LogP contribution in [0.1, 0.15) is 15.9 Å². The van der Waals surface area contributed by atoms with Crippen LogP contribution < -0.4 is 10.1 Å². The van der Waals surface area contributed by atoms with Crippen LogP contribution in [-0.2, 0) is 6.54 Å². The van der Waals surface area contributed by atoms with Crippen LogP contribution >= 0.6 is 0 Å². The van der Waals surface area contributed by atoms with Crippen LogP contribution in [-0.4, -0.2) is 25.7 Å². The van der Waals surface area contributed by atoms with Crippen molar-refractivity contribution in [3.05, 3.63) is 96.7 Å². The lowest BCUT2D eigenvalue weighted by atomic mass is 10.2. The van der Waals surface area contributed by atoms with Crippen molar-refractivity contribution in [3.63, 3.8) is 0 Å². The van der Waals surface area contributed by atoms with Gasteiger partial charge in [0.15, 0.2) is 5.82 Å². The van der Waals surface area contributed by atoms with E-state index in [1.54, 1.807) is 18.3 Å². The van der Waals surface area contributed by atoms with Gasteiger partial charge in [0, 0.05) is 18.3 Å². The van der Waals surface area contributed by atoms with Crippen LogP contribution in [0.2, 0.25) is 0 Å². The highest BCUT2D eigenvalue weighted by Gasteiger charge is 2.08. The summed E-state index contributed by atoms with van der Waals surface area (Å²) in [6, 6.07) is 20.5. The summed E-state index contributed by atoms with van der Waals surface area (Å²) in [5, 5.41) is 6.93. The van der Waals surface area contributed by atoms with Gasteiger partial charge in [-0.3, -0.25) is 4.79 Å². The summed E-state index contributed by atoms with van der Waals surface area (Å²) >= 11 is 0. The molecule has 4 rings (SSSR count). The van der Waals surface area contributed by atoms with Gasteiger partial charge >= 0.3 is 0 Å². The van der Waals surface area contributed by atoms with Gasteiger partial charge in [-0.05, 0) is 42.0 Å². The van der Waals surface area contributed by atoms with Crippen molar-refractivity contribution >= 4 is 5.91 Å². The van der Waals surface area contributed by atoms with E-state index < -0.39 is 0 Å². The molecule has 0 bridgehead atoms. The molecule has 4 aromatic rings. The maximum Gasteiger partial charge on any atom is 0.251 e.